The van der Waals surface area contributed by atoms with Crippen LogP contribution in [0.5, 0.6) is 11.5 Å². The average molecular weight is 496 g/mol. The molecule has 0 fully saturated rings. The van der Waals surface area contributed by atoms with Crippen molar-refractivity contribution in [3.63, 3.8) is 0 Å². The number of carbonyl (C=O) groups is 1. The van der Waals surface area contributed by atoms with Crippen molar-refractivity contribution in [2.45, 2.75) is 25.5 Å². The number of benzene rings is 2. The van der Waals surface area contributed by atoms with Crippen LogP contribution in [0.15, 0.2) is 57.8 Å². The van der Waals surface area contributed by atoms with Gasteiger partial charge in [0.05, 0.1) is 32.0 Å². The van der Waals surface area contributed by atoms with Gasteiger partial charge in [-0.1, -0.05) is 30.0 Å². The van der Waals surface area contributed by atoms with Crippen LogP contribution in [0.3, 0.4) is 0 Å². The minimum Gasteiger partial charge on any atom is -0.493 e. The van der Waals surface area contributed by atoms with E-state index in [9.17, 15) is 9.59 Å². The molecule has 2 aromatic carbocycles. The first-order chi connectivity index (χ1) is 16.4. The second-order valence-electron chi connectivity index (χ2n) is 7.75. The molecule has 0 unspecified atom stereocenters. The number of ether oxygens (including phenoxy) is 2. The molecule has 0 aliphatic heterocycles. The Morgan fingerprint density at radius 1 is 1.06 bits per heavy atom. The summed E-state index contributed by atoms with van der Waals surface area (Å²) in [6.07, 6.45) is 0. The van der Waals surface area contributed by atoms with Crippen molar-refractivity contribution >= 4 is 44.9 Å². The molecule has 2 heterocycles. The minimum atomic E-state index is -0.213. The quantitative estimate of drug-likeness (QED) is 0.277. The number of amides is 1. The summed E-state index contributed by atoms with van der Waals surface area (Å²) in [6, 6.07) is 13.2. The van der Waals surface area contributed by atoms with Gasteiger partial charge >= 0.3 is 0 Å². The summed E-state index contributed by atoms with van der Waals surface area (Å²) in [5.41, 5.74) is 4.52. The van der Waals surface area contributed by atoms with Gasteiger partial charge in [-0.2, -0.15) is 0 Å². The Hall–Kier alpha value is -3.30. The molecule has 0 aliphatic carbocycles. The summed E-state index contributed by atoms with van der Waals surface area (Å²) in [5.74, 6) is 0.997. The third kappa shape index (κ3) is 5.10. The van der Waals surface area contributed by atoms with E-state index in [0.717, 1.165) is 5.56 Å². The maximum atomic E-state index is 13.2. The maximum Gasteiger partial charge on any atom is 0.272 e. The van der Waals surface area contributed by atoms with E-state index in [2.05, 4.69) is 36.3 Å². The van der Waals surface area contributed by atoms with E-state index in [1.807, 2.05) is 17.5 Å². The van der Waals surface area contributed by atoms with Crippen molar-refractivity contribution in [1.29, 1.82) is 0 Å². The van der Waals surface area contributed by atoms with Gasteiger partial charge in [0.1, 0.15) is 4.70 Å². The fraction of sp³-hybridized carbons (Fsp3) is 0.240. The van der Waals surface area contributed by atoms with Crippen LogP contribution < -0.4 is 20.3 Å². The number of hydrogen-bond acceptors (Lipinski definition) is 7. The molecule has 9 heteroatoms. The third-order valence-electron chi connectivity index (χ3n) is 5.44. The minimum absolute atomic E-state index is 0.0963. The van der Waals surface area contributed by atoms with Crippen molar-refractivity contribution < 1.29 is 14.3 Å². The predicted molar refractivity (Wildman–Crippen MR) is 138 cm³/mol. The Bertz CT molecular complexity index is 1410. The number of hydrogen-bond donors (Lipinski definition) is 1. The Morgan fingerprint density at radius 2 is 1.85 bits per heavy atom. The number of nitrogens with zero attached hydrogens (tertiary/aromatic N) is 2. The fourth-order valence-electron chi connectivity index (χ4n) is 3.50. The van der Waals surface area contributed by atoms with Gasteiger partial charge in [-0.25, -0.2) is 4.98 Å². The van der Waals surface area contributed by atoms with Gasteiger partial charge < -0.3 is 14.8 Å². The van der Waals surface area contributed by atoms with Crippen molar-refractivity contribution in [2.75, 3.05) is 25.3 Å². The molecule has 1 amide bonds. The smallest absolute Gasteiger partial charge is 0.272 e. The first kappa shape index (κ1) is 23.8. The second-order valence-corrected chi connectivity index (χ2v) is 9.60. The first-order valence-electron chi connectivity index (χ1n) is 10.6. The molecular weight excluding hydrogens is 470 g/mol. The van der Waals surface area contributed by atoms with Crippen LogP contribution in [0.25, 0.3) is 10.2 Å². The summed E-state index contributed by atoms with van der Waals surface area (Å²) in [4.78, 5) is 30.6. The van der Waals surface area contributed by atoms with E-state index in [0.29, 0.717) is 39.1 Å². The predicted octanol–water partition coefficient (Wildman–Crippen LogP) is 4.87. The summed E-state index contributed by atoms with van der Waals surface area (Å²) >= 11 is 2.62. The number of carbonyl (C=O) groups excluding carboxylic acids is 1. The van der Waals surface area contributed by atoms with Gasteiger partial charge in [-0.05, 0) is 54.1 Å². The highest BCUT2D eigenvalue weighted by molar-refractivity contribution is 7.99. The molecular formula is C25H25N3O4S2. The zero-order valence-electron chi connectivity index (χ0n) is 19.4. The number of fused-ring (bicyclic) bond motifs is 1. The lowest BCUT2D eigenvalue weighted by atomic mass is 10.1. The number of thiophene rings is 1. The topological polar surface area (TPSA) is 82.5 Å². The highest BCUT2D eigenvalue weighted by Gasteiger charge is 2.15. The summed E-state index contributed by atoms with van der Waals surface area (Å²) in [5, 5.41) is 5.23. The van der Waals surface area contributed by atoms with E-state index >= 15 is 0 Å². The van der Waals surface area contributed by atoms with Crippen LogP contribution in [-0.4, -0.2) is 35.4 Å². The molecule has 0 radical (unpaired) electrons. The van der Waals surface area contributed by atoms with E-state index in [4.69, 9.17) is 9.47 Å². The molecule has 34 heavy (non-hydrogen) atoms. The molecule has 4 aromatic rings. The lowest BCUT2D eigenvalue weighted by Crippen LogP contribution is -2.24. The van der Waals surface area contributed by atoms with E-state index in [1.165, 1.54) is 34.2 Å². The largest absolute Gasteiger partial charge is 0.493 e. The molecule has 0 bridgehead atoms. The van der Waals surface area contributed by atoms with Crippen LogP contribution in [0.2, 0.25) is 0 Å². The van der Waals surface area contributed by atoms with Crippen LogP contribution in [-0.2, 0) is 11.3 Å². The number of aromatic nitrogens is 2. The molecule has 0 saturated carbocycles. The lowest BCUT2D eigenvalue weighted by molar-refractivity contribution is -0.113. The molecule has 7 nitrogen and oxygen atoms in total. The first-order valence-corrected chi connectivity index (χ1v) is 12.4. The van der Waals surface area contributed by atoms with Crippen LogP contribution in [0.4, 0.5) is 5.69 Å². The van der Waals surface area contributed by atoms with Gasteiger partial charge in [0, 0.05) is 11.8 Å². The van der Waals surface area contributed by atoms with Crippen molar-refractivity contribution in [2.24, 2.45) is 0 Å². The van der Waals surface area contributed by atoms with Crippen LogP contribution >= 0.6 is 23.1 Å². The Kier molecular flexibility index (Phi) is 7.23. The van der Waals surface area contributed by atoms with Crippen LogP contribution in [0.1, 0.15) is 16.7 Å². The fourth-order valence-corrected chi connectivity index (χ4v) is 5.08. The number of rotatable bonds is 8. The second kappa shape index (κ2) is 10.3. The molecule has 0 spiro atoms. The highest BCUT2D eigenvalue weighted by atomic mass is 32.2. The standard InChI is InChI=1S/C25H25N3O4S2/c1-15-5-6-17(11-16(15)2)13-28-24(30)23-19(9-10-33-23)27-25(28)34-14-22(29)26-18-7-8-20(31-3)21(12-18)32-4/h5-12H,13-14H2,1-4H3,(H,26,29). The number of nitrogens with one attached hydrogen (secondary N) is 1. The lowest BCUT2D eigenvalue weighted by Gasteiger charge is -2.13. The average Bonchev–Trinajstić information content (AvgIpc) is 3.31. The monoisotopic (exact) mass is 495 g/mol. The zero-order valence-corrected chi connectivity index (χ0v) is 21.0. The number of thioether (sulfide) groups is 1. The van der Waals surface area contributed by atoms with Gasteiger partial charge in [0.25, 0.3) is 5.56 Å². The Balaban J connectivity index is 1.56. The normalized spacial score (nSPS) is 10.9. The van der Waals surface area contributed by atoms with E-state index < -0.39 is 0 Å². The van der Waals surface area contributed by atoms with Gasteiger partial charge in [-0.15, -0.1) is 11.3 Å². The summed E-state index contributed by atoms with van der Waals surface area (Å²) in [6.45, 7) is 4.50. The SMILES string of the molecule is COc1ccc(NC(=O)CSc2nc3ccsc3c(=O)n2Cc2ccc(C)c(C)c2)cc1OC. The van der Waals surface area contributed by atoms with Gasteiger partial charge in [0.2, 0.25) is 5.91 Å². The number of anilines is 1. The van der Waals surface area contributed by atoms with Crippen molar-refractivity contribution in [1.82, 2.24) is 9.55 Å². The summed E-state index contributed by atoms with van der Waals surface area (Å²) in [7, 11) is 3.10. The summed E-state index contributed by atoms with van der Waals surface area (Å²) < 4.78 is 12.8. The van der Waals surface area contributed by atoms with Crippen molar-refractivity contribution in [3.8, 4) is 11.5 Å². The van der Waals surface area contributed by atoms with E-state index in [-0.39, 0.29) is 17.2 Å². The number of methoxy groups -OCH3 is 2. The third-order valence-corrected chi connectivity index (χ3v) is 7.31. The molecule has 4 rings (SSSR count). The van der Waals surface area contributed by atoms with Crippen LogP contribution in [0, 0.1) is 13.8 Å². The number of aryl methyl sites for hydroxylation is 2. The molecule has 1 N–H and O–H groups in total. The Morgan fingerprint density at radius 3 is 2.59 bits per heavy atom. The maximum absolute atomic E-state index is 13.2. The molecule has 2 aromatic heterocycles. The van der Waals surface area contributed by atoms with Gasteiger partial charge in [0.15, 0.2) is 16.7 Å². The molecule has 176 valence electrons. The molecule has 0 atom stereocenters. The zero-order chi connectivity index (χ0) is 24.2. The molecule has 0 aliphatic rings. The highest BCUT2D eigenvalue weighted by Crippen LogP contribution is 2.30. The molecule has 0 saturated heterocycles. The van der Waals surface area contributed by atoms with Crippen molar-refractivity contribution in [3.05, 3.63) is 74.9 Å². The Labute approximate surface area is 205 Å². The van der Waals surface area contributed by atoms with Gasteiger partial charge in [-0.3, -0.25) is 14.2 Å². The van der Waals surface area contributed by atoms with E-state index in [1.54, 1.807) is 37.0 Å².